The van der Waals surface area contributed by atoms with Gasteiger partial charge in [0.2, 0.25) is 20.0 Å². The van der Waals surface area contributed by atoms with Gasteiger partial charge in [-0.25, -0.2) is 16.8 Å². The number of anilines is 1. The highest BCUT2D eigenvalue weighted by Gasteiger charge is 2.33. The molecule has 14 heteroatoms. The number of hydrogen-bond acceptors (Lipinski definition) is 6. The maximum Gasteiger partial charge on any atom is 0.573 e. The van der Waals surface area contributed by atoms with Gasteiger partial charge in [-0.15, -0.1) is 13.2 Å². The molecular weight excluding hydrogens is 511 g/mol. The van der Waals surface area contributed by atoms with E-state index in [1.807, 2.05) is 0 Å². The predicted molar refractivity (Wildman–Crippen MR) is 120 cm³/mol. The maximum absolute atomic E-state index is 12.9. The Hall–Kier alpha value is -2.84. The van der Waals surface area contributed by atoms with E-state index < -0.39 is 32.2 Å². The molecule has 0 N–H and O–H groups in total. The average molecular weight is 534 g/mol. The Bertz CT molecular complexity index is 1290. The summed E-state index contributed by atoms with van der Waals surface area (Å²) in [5.74, 6) is -0.751. The summed E-state index contributed by atoms with van der Waals surface area (Å²) in [6.45, 7) is 0.660. The molecule has 4 rings (SSSR count). The van der Waals surface area contributed by atoms with Crippen molar-refractivity contribution in [2.24, 2.45) is 0 Å². The fraction of sp³-hybridized carbons (Fsp3) is 0.381. The number of nitrogens with zero attached hydrogens (tertiary/aromatic N) is 3. The summed E-state index contributed by atoms with van der Waals surface area (Å²) >= 11 is 0. The SMILES string of the molecule is O=C(c1ccc(N2CCCS2(=O)=O)cc1)N1CCN(S(=O)(=O)c2ccc(OC(F)(F)F)cc2)CC1. The van der Waals surface area contributed by atoms with Gasteiger partial charge in [-0.1, -0.05) is 0 Å². The number of benzene rings is 2. The summed E-state index contributed by atoms with van der Waals surface area (Å²) < 4.78 is 93.0. The van der Waals surface area contributed by atoms with E-state index in [-0.39, 0.29) is 42.7 Å². The lowest BCUT2D eigenvalue weighted by Crippen LogP contribution is -2.50. The van der Waals surface area contributed by atoms with E-state index in [1.165, 1.54) is 9.21 Å². The topological polar surface area (TPSA) is 104 Å². The summed E-state index contributed by atoms with van der Waals surface area (Å²) in [4.78, 5) is 14.2. The van der Waals surface area contributed by atoms with Crippen LogP contribution in [-0.4, -0.2) is 76.8 Å². The fourth-order valence-electron chi connectivity index (χ4n) is 3.98. The second-order valence-electron chi connectivity index (χ2n) is 8.00. The molecule has 2 saturated heterocycles. The number of carbonyl (C=O) groups excluding carboxylic acids is 1. The summed E-state index contributed by atoms with van der Waals surface area (Å²) in [7, 11) is -7.29. The summed E-state index contributed by atoms with van der Waals surface area (Å²) in [5.41, 5.74) is 0.837. The van der Waals surface area contributed by atoms with E-state index in [4.69, 9.17) is 0 Å². The third kappa shape index (κ3) is 5.54. The number of rotatable bonds is 5. The molecule has 0 saturated carbocycles. The van der Waals surface area contributed by atoms with Gasteiger partial charge < -0.3 is 9.64 Å². The Labute approximate surface area is 200 Å². The van der Waals surface area contributed by atoms with E-state index in [0.717, 1.165) is 28.6 Å². The molecule has 9 nitrogen and oxygen atoms in total. The molecule has 0 bridgehead atoms. The molecule has 2 aliphatic heterocycles. The van der Waals surface area contributed by atoms with Crippen molar-refractivity contribution in [3.8, 4) is 5.75 Å². The van der Waals surface area contributed by atoms with E-state index >= 15 is 0 Å². The molecule has 2 aromatic rings. The monoisotopic (exact) mass is 533 g/mol. The van der Waals surface area contributed by atoms with Crippen LogP contribution in [-0.2, 0) is 20.0 Å². The number of ether oxygens (including phenoxy) is 1. The first-order valence-corrected chi connectivity index (χ1v) is 13.7. The lowest BCUT2D eigenvalue weighted by Gasteiger charge is -2.34. The normalized spacial score (nSPS) is 19.1. The lowest BCUT2D eigenvalue weighted by molar-refractivity contribution is -0.274. The largest absolute Gasteiger partial charge is 0.573 e. The van der Waals surface area contributed by atoms with Crippen LogP contribution in [0.15, 0.2) is 53.4 Å². The molecule has 35 heavy (non-hydrogen) atoms. The van der Waals surface area contributed by atoms with Crippen molar-refractivity contribution >= 4 is 31.6 Å². The van der Waals surface area contributed by atoms with Crippen LogP contribution in [0.3, 0.4) is 0 Å². The Morgan fingerprint density at radius 1 is 0.886 bits per heavy atom. The van der Waals surface area contributed by atoms with Gasteiger partial charge in [0, 0.05) is 38.3 Å². The van der Waals surface area contributed by atoms with E-state index in [0.29, 0.717) is 24.2 Å². The molecule has 2 heterocycles. The number of carbonyl (C=O) groups is 1. The molecule has 2 aliphatic rings. The molecule has 0 radical (unpaired) electrons. The number of piperazine rings is 1. The molecule has 0 atom stereocenters. The number of amides is 1. The summed E-state index contributed by atoms with van der Waals surface area (Å²) in [6.07, 6.45) is -4.34. The zero-order valence-corrected chi connectivity index (χ0v) is 19.9. The minimum Gasteiger partial charge on any atom is -0.406 e. The highest BCUT2D eigenvalue weighted by Crippen LogP contribution is 2.27. The predicted octanol–water partition coefficient (Wildman–Crippen LogP) is 2.27. The van der Waals surface area contributed by atoms with Crippen molar-refractivity contribution in [2.45, 2.75) is 17.7 Å². The van der Waals surface area contributed by atoms with Crippen molar-refractivity contribution in [2.75, 3.05) is 42.8 Å². The van der Waals surface area contributed by atoms with E-state index in [2.05, 4.69) is 4.74 Å². The van der Waals surface area contributed by atoms with Crippen LogP contribution >= 0.6 is 0 Å². The Morgan fingerprint density at radius 3 is 2.00 bits per heavy atom. The van der Waals surface area contributed by atoms with Gasteiger partial charge in [0.25, 0.3) is 5.91 Å². The average Bonchev–Trinajstić information content (AvgIpc) is 3.17. The highest BCUT2D eigenvalue weighted by molar-refractivity contribution is 7.93. The number of sulfonamides is 2. The fourth-order valence-corrected chi connectivity index (χ4v) is 6.96. The first-order chi connectivity index (χ1) is 16.4. The van der Waals surface area contributed by atoms with Crippen LogP contribution in [0.5, 0.6) is 5.75 Å². The number of alkyl halides is 3. The smallest absolute Gasteiger partial charge is 0.406 e. The van der Waals surface area contributed by atoms with Crippen LogP contribution in [0.25, 0.3) is 0 Å². The molecule has 1 amide bonds. The van der Waals surface area contributed by atoms with Crippen LogP contribution in [0, 0.1) is 0 Å². The van der Waals surface area contributed by atoms with Gasteiger partial charge in [-0.05, 0) is 55.0 Å². The van der Waals surface area contributed by atoms with Crippen LogP contribution in [0.4, 0.5) is 18.9 Å². The zero-order chi connectivity index (χ0) is 25.4. The van der Waals surface area contributed by atoms with Crippen LogP contribution < -0.4 is 9.04 Å². The molecule has 190 valence electrons. The second kappa shape index (κ2) is 9.32. The Kier molecular flexibility index (Phi) is 6.72. The van der Waals surface area contributed by atoms with E-state index in [9.17, 15) is 34.8 Å². The molecule has 2 fully saturated rings. The van der Waals surface area contributed by atoms with Crippen molar-refractivity contribution in [1.29, 1.82) is 0 Å². The van der Waals surface area contributed by atoms with E-state index in [1.54, 1.807) is 24.3 Å². The number of hydrogen-bond donors (Lipinski definition) is 0. The standard InChI is InChI=1S/C21H22F3N3O6S2/c22-21(23,24)33-18-6-8-19(9-7-18)35(31,32)26-13-11-25(12-14-26)20(28)16-2-4-17(5-3-16)27-10-1-15-34(27,29)30/h2-9H,1,10-15H2. The van der Waals surface area contributed by atoms with Crippen molar-refractivity contribution < 1.29 is 39.5 Å². The first kappa shape index (κ1) is 25.3. The number of halogens is 3. The summed E-state index contributed by atoms with van der Waals surface area (Å²) in [5, 5.41) is 0. The lowest BCUT2D eigenvalue weighted by atomic mass is 10.1. The molecule has 2 aromatic carbocycles. The third-order valence-corrected chi connectivity index (χ3v) is 9.50. The Balaban J connectivity index is 1.38. The van der Waals surface area contributed by atoms with Gasteiger partial charge in [0.05, 0.1) is 16.3 Å². The van der Waals surface area contributed by atoms with Gasteiger partial charge in [-0.2, -0.15) is 4.31 Å². The maximum atomic E-state index is 12.9. The zero-order valence-electron chi connectivity index (χ0n) is 18.3. The quantitative estimate of drug-likeness (QED) is 0.584. The minimum absolute atomic E-state index is 0.0129. The highest BCUT2D eigenvalue weighted by atomic mass is 32.2. The van der Waals surface area contributed by atoms with Gasteiger partial charge >= 0.3 is 6.36 Å². The first-order valence-electron chi connectivity index (χ1n) is 10.6. The molecule has 0 unspecified atom stereocenters. The van der Waals surface area contributed by atoms with Crippen LogP contribution in [0.1, 0.15) is 16.8 Å². The van der Waals surface area contributed by atoms with Crippen molar-refractivity contribution in [1.82, 2.24) is 9.21 Å². The van der Waals surface area contributed by atoms with Gasteiger partial charge in [0.1, 0.15) is 5.75 Å². The van der Waals surface area contributed by atoms with Crippen LogP contribution in [0.2, 0.25) is 0 Å². The molecule has 0 spiro atoms. The Morgan fingerprint density at radius 2 is 1.49 bits per heavy atom. The second-order valence-corrected chi connectivity index (χ2v) is 12.0. The molecule has 0 aliphatic carbocycles. The molecular formula is C21H22F3N3O6S2. The van der Waals surface area contributed by atoms with Crippen molar-refractivity contribution in [3.05, 3.63) is 54.1 Å². The van der Waals surface area contributed by atoms with Gasteiger partial charge in [-0.3, -0.25) is 9.10 Å². The third-order valence-electron chi connectivity index (χ3n) is 5.72. The molecule has 0 aromatic heterocycles. The minimum atomic E-state index is -4.88. The summed E-state index contributed by atoms with van der Waals surface area (Å²) in [6, 6.07) is 10.2. The van der Waals surface area contributed by atoms with Gasteiger partial charge in [0.15, 0.2) is 0 Å². The van der Waals surface area contributed by atoms with Crippen molar-refractivity contribution in [3.63, 3.8) is 0 Å².